The number of hydrogen-bond acceptors (Lipinski definition) is 3. The summed E-state index contributed by atoms with van der Waals surface area (Å²) in [6.07, 6.45) is 1.53. The standard InChI is InChI=1S/C7H8N2O4/c10-7(11)5(4-9(12)13)6-2-1-3-8-6/h1-3,5,8H,4H2,(H,10,11). The van der Waals surface area contributed by atoms with E-state index in [2.05, 4.69) is 4.98 Å². The topological polar surface area (TPSA) is 96.2 Å². The molecule has 0 bridgehead atoms. The zero-order valence-corrected chi connectivity index (χ0v) is 6.64. The van der Waals surface area contributed by atoms with Gasteiger partial charge in [-0.05, 0) is 12.1 Å². The van der Waals surface area contributed by atoms with Crippen LogP contribution in [-0.2, 0) is 4.79 Å². The van der Waals surface area contributed by atoms with Crippen LogP contribution in [0.3, 0.4) is 0 Å². The molecule has 1 aromatic heterocycles. The SMILES string of the molecule is O=C(O)C(C[N+](=O)[O-])c1ccc[nH]1. The first-order chi connectivity index (χ1) is 6.11. The molecule has 0 amide bonds. The van der Waals surface area contributed by atoms with Crippen molar-refractivity contribution in [2.45, 2.75) is 5.92 Å². The van der Waals surface area contributed by atoms with Crippen molar-refractivity contribution in [3.8, 4) is 0 Å². The van der Waals surface area contributed by atoms with Crippen LogP contribution in [-0.4, -0.2) is 27.5 Å². The Kier molecular flexibility index (Phi) is 2.63. The number of nitrogens with one attached hydrogen (secondary N) is 1. The fraction of sp³-hybridized carbons (Fsp3) is 0.286. The van der Waals surface area contributed by atoms with Gasteiger partial charge in [0.05, 0.1) is 0 Å². The van der Waals surface area contributed by atoms with Crippen LogP contribution in [0.2, 0.25) is 0 Å². The van der Waals surface area contributed by atoms with Crippen molar-refractivity contribution >= 4 is 5.97 Å². The molecular formula is C7H8N2O4. The maximum Gasteiger partial charge on any atom is 0.319 e. The summed E-state index contributed by atoms with van der Waals surface area (Å²) in [5.74, 6) is -2.29. The highest BCUT2D eigenvalue weighted by atomic mass is 16.6. The predicted octanol–water partition coefficient (Wildman–Crippen LogP) is 0.460. The molecular weight excluding hydrogens is 176 g/mol. The summed E-state index contributed by atoms with van der Waals surface area (Å²) in [5.41, 5.74) is 0.351. The molecule has 1 heterocycles. The van der Waals surface area contributed by atoms with Crippen molar-refractivity contribution in [3.05, 3.63) is 34.1 Å². The molecule has 6 heteroatoms. The van der Waals surface area contributed by atoms with Gasteiger partial charge in [-0.25, -0.2) is 0 Å². The van der Waals surface area contributed by atoms with Crippen LogP contribution in [0.5, 0.6) is 0 Å². The lowest BCUT2D eigenvalue weighted by atomic mass is 10.1. The molecule has 1 unspecified atom stereocenters. The zero-order chi connectivity index (χ0) is 9.84. The Balaban J connectivity index is 2.81. The lowest BCUT2D eigenvalue weighted by Gasteiger charge is -2.04. The summed E-state index contributed by atoms with van der Waals surface area (Å²) in [6.45, 7) is -0.601. The second-order valence-electron chi connectivity index (χ2n) is 2.53. The molecule has 0 aliphatic rings. The first-order valence-electron chi connectivity index (χ1n) is 3.59. The lowest BCUT2D eigenvalue weighted by Crippen LogP contribution is -2.21. The van der Waals surface area contributed by atoms with Crippen molar-refractivity contribution in [1.82, 2.24) is 4.98 Å². The van der Waals surface area contributed by atoms with E-state index in [1.54, 1.807) is 6.07 Å². The van der Waals surface area contributed by atoms with Crippen molar-refractivity contribution in [3.63, 3.8) is 0 Å². The molecule has 0 fully saturated rings. The van der Waals surface area contributed by atoms with Crippen molar-refractivity contribution in [2.24, 2.45) is 0 Å². The molecule has 0 radical (unpaired) electrons. The van der Waals surface area contributed by atoms with Crippen LogP contribution in [0.15, 0.2) is 18.3 Å². The summed E-state index contributed by atoms with van der Waals surface area (Å²) in [6, 6.07) is 3.12. The van der Waals surface area contributed by atoms with Crippen LogP contribution in [0, 0.1) is 10.1 Å². The van der Waals surface area contributed by atoms with Gasteiger partial charge in [-0.2, -0.15) is 0 Å². The third-order valence-electron chi connectivity index (χ3n) is 1.63. The van der Waals surface area contributed by atoms with Crippen molar-refractivity contribution in [2.75, 3.05) is 6.54 Å². The molecule has 0 aliphatic carbocycles. The molecule has 0 aromatic carbocycles. The Morgan fingerprint density at radius 2 is 2.46 bits per heavy atom. The van der Waals surface area contributed by atoms with Crippen LogP contribution in [0.25, 0.3) is 0 Å². The van der Waals surface area contributed by atoms with Crippen LogP contribution in [0.4, 0.5) is 0 Å². The summed E-state index contributed by atoms with van der Waals surface area (Å²) in [4.78, 5) is 22.7. The average molecular weight is 184 g/mol. The smallest absolute Gasteiger partial charge is 0.319 e. The second kappa shape index (κ2) is 3.70. The van der Waals surface area contributed by atoms with E-state index < -0.39 is 23.4 Å². The quantitative estimate of drug-likeness (QED) is 0.524. The van der Waals surface area contributed by atoms with Gasteiger partial charge in [0, 0.05) is 16.8 Å². The van der Waals surface area contributed by atoms with Crippen molar-refractivity contribution in [1.29, 1.82) is 0 Å². The van der Waals surface area contributed by atoms with Gasteiger partial charge in [0.1, 0.15) is 0 Å². The Morgan fingerprint density at radius 3 is 2.85 bits per heavy atom. The Hall–Kier alpha value is -1.85. The van der Waals surface area contributed by atoms with Gasteiger partial charge in [-0.15, -0.1) is 0 Å². The Morgan fingerprint density at radius 1 is 1.77 bits per heavy atom. The molecule has 1 atom stereocenters. The first kappa shape index (κ1) is 9.24. The van der Waals surface area contributed by atoms with E-state index in [1.807, 2.05) is 0 Å². The van der Waals surface area contributed by atoms with E-state index in [1.165, 1.54) is 12.3 Å². The fourth-order valence-electron chi connectivity index (χ4n) is 1.02. The predicted molar refractivity (Wildman–Crippen MR) is 43.0 cm³/mol. The summed E-state index contributed by atoms with van der Waals surface area (Å²) in [5, 5.41) is 18.8. The van der Waals surface area contributed by atoms with E-state index in [0.717, 1.165) is 0 Å². The first-order valence-corrected chi connectivity index (χ1v) is 3.59. The second-order valence-corrected chi connectivity index (χ2v) is 2.53. The number of carboxylic acids is 1. The fourth-order valence-corrected chi connectivity index (χ4v) is 1.02. The van der Waals surface area contributed by atoms with Gasteiger partial charge in [0.2, 0.25) is 6.54 Å². The van der Waals surface area contributed by atoms with Gasteiger partial charge < -0.3 is 10.1 Å². The maximum absolute atomic E-state index is 10.6. The van der Waals surface area contributed by atoms with Crippen molar-refractivity contribution < 1.29 is 14.8 Å². The molecule has 0 saturated carbocycles. The van der Waals surface area contributed by atoms with E-state index >= 15 is 0 Å². The van der Waals surface area contributed by atoms with Gasteiger partial charge in [0.15, 0.2) is 5.92 Å². The van der Waals surface area contributed by atoms with Gasteiger partial charge in [0.25, 0.3) is 0 Å². The zero-order valence-electron chi connectivity index (χ0n) is 6.64. The number of hydrogen-bond donors (Lipinski definition) is 2. The van der Waals surface area contributed by atoms with Crippen LogP contribution in [0.1, 0.15) is 11.6 Å². The lowest BCUT2D eigenvalue weighted by molar-refractivity contribution is -0.481. The van der Waals surface area contributed by atoms with E-state index in [9.17, 15) is 14.9 Å². The number of nitrogens with zero attached hydrogens (tertiary/aromatic N) is 1. The molecule has 2 N–H and O–H groups in total. The number of carbonyl (C=O) groups is 1. The number of aromatic amines is 1. The van der Waals surface area contributed by atoms with Crippen LogP contribution >= 0.6 is 0 Å². The molecule has 13 heavy (non-hydrogen) atoms. The number of H-pyrrole nitrogens is 1. The summed E-state index contributed by atoms with van der Waals surface area (Å²) < 4.78 is 0. The number of aromatic nitrogens is 1. The minimum Gasteiger partial charge on any atom is -0.481 e. The average Bonchev–Trinajstić information content (AvgIpc) is 2.50. The molecule has 0 saturated heterocycles. The third kappa shape index (κ3) is 2.29. The summed E-state index contributed by atoms with van der Waals surface area (Å²) in [7, 11) is 0. The largest absolute Gasteiger partial charge is 0.481 e. The third-order valence-corrected chi connectivity index (χ3v) is 1.63. The minimum atomic E-state index is -1.20. The minimum absolute atomic E-state index is 0.351. The molecule has 0 spiro atoms. The van der Waals surface area contributed by atoms with Gasteiger partial charge in [-0.3, -0.25) is 14.9 Å². The van der Waals surface area contributed by atoms with E-state index in [0.29, 0.717) is 5.69 Å². The molecule has 1 rings (SSSR count). The Bertz CT molecular complexity index is 306. The number of carboxylic acid groups (broad SMARTS) is 1. The molecule has 1 aromatic rings. The normalized spacial score (nSPS) is 12.3. The maximum atomic E-state index is 10.6. The molecule has 70 valence electrons. The van der Waals surface area contributed by atoms with Gasteiger partial charge >= 0.3 is 5.97 Å². The summed E-state index contributed by atoms with van der Waals surface area (Å²) >= 11 is 0. The number of nitro groups is 1. The molecule has 6 nitrogen and oxygen atoms in total. The number of rotatable bonds is 4. The highest BCUT2D eigenvalue weighted by molar-refractivity contribution is 5.75. The van der Waals surface area contributed by atoms with Crippen LogP contribution < -0.4 is 0 Å². The van der Waals surface area contributed by atoms with E-state index in [4.69, 9.17) is 5.11 Å². The highest BCUT2D eigenvalue weighted by Gasteiger charge is 2.26. The van der Waals surface area contributed by atoms with Gasteiger partial charge in [-0.1, -0.05) is 0 Å². The molecule has 0 aliphatic heterocycles. The monoisotopic (exact) mass is 184 g/mol. The Labute approximate surface area is 73.3 Å². The number of aliphatic carboxylic acids is 1. The highest BCUT2D eigenvalue weighted by Crippen LogP contribution is 2.13. The van der Waals surface area contributed by atoms with E-state index in [-0.39, 0.29) is 0 Å².